The third-order valence-electron chi connectivity index (χ3n) is 8.58. The van der Waals surface area contributed by atoms with E-state index in [4.69, 9.17) is 9.47 Å². The zero-order chi connectivity index (χ0) is 31.6. The van der Waals surface area contributed by atoms with Crippen molar-refractivity contribution in [1.82, 2.24) is 0 Å². The van der Waals surface area contributed by atoms with Crippen LogP contribution in [-0.2, 0) is 19.1 Å². The van der Waals surface area contributed by atoms with Crippen LogP contribution in [-0.4, -0.2) is 35.7 Å². The van der Waals surface area contributed by atoms with Gasteiger partial charge in [-0.25, -0.2) is 0 Å². The van der Waals surface area contributed by atoms with Gasteiger partial charge in [0.15, 0.2) is 0 Å². The summed E-state index contributed by atoms with van der Waals surface area (Å²) in [4.78, 5) is 25.3. The molecule has 0 aliphatic rings. The number of ether oxygens (including phenoxy) is 2. The summed E-state index contributed by atoms with van der Waals surface area (Å²) in [7, 11) is 0. The molecule has 2 atom stereocenters. The highest BCUT2D eigenvalue weighted by molar-refractivity contribution is 8.01. The molecule has 0 saturated heterocycles. The van der Waals surface area contributed by atoms with Gasteiger partial charge in [-0.05, 0) is 25.7 Å². The number of unbranched alkanes of at least 4 members (excludes halogenated alkanes) is 24. The number of carbonyl (C=O) groups excluding carboxylic acids is 2. The summed E-state index contributed by atoms with van der Waals surface area (Å²) in [6.45, 7) is 9.52. The Bertz CT molecular complexity index is 546. The van der Waals surface area contributed by atoms with Crippen LogP contribution in [0.2, 0.25) is 0 Å². The maximum Gasteiger partial charge on any atom is 0.319 e. The standard InChI is InChI=1S/C38H74O4S/c1-5-9-11-13-15-17-19-21-23-25-27-29-31-33-41-37(39)35(7-3)43-36(8-4)38(40)42-34-32-30-28-26-24-22-20-18-16-14-12-10-6-2/h35-36H,5-34H2,1-4H3. The van der Waals surface area contributed by atoms with Crippen LogP contribution in [0.5, 0.6) is 0 Å². The Morgan fingerprint density at radius 2 is 0.628 bits per heavy atom. The molecule has 0 N–H and O–H groups in total. The van der Waals surface area contributed by atoms with Gasteiger partial charge in [0.25, 0.3) is 0 Å². The topological polar surface area (TPSA) is 52.6 Å². The number of rotatable bonds is 34. The lowest BCUT2D eigenvalue weighted by Gasteiger charge is -2.19. The van der Waals surface area contributed by atoms with Crippen LogP contribution >= 0.6 is 11.8 Å². The molecule has 5 heteroatoms. The van der Waals surface area contributed by atoms with E-state index in [1.165, 1.54) is 153 Å². The van der Waals surface area contributed by atoms with Crippen molar-refractivity contribution in [3.05, 3.63) is 0 Å². The summed E-state index contributed by atoms with van der Waals surface area (Å²) in [6, 6.07) is 0. The lowest BCUT2D eigenvalue weighted by atomic mass is 10.0. The molecule has 0 spiro atoms. The second kappa shape index (κ2) is 34.2. The highest BCUT2D eigenvalue weighted by atomic mass is 32.2. The van der Waals surface area contributed by atoms with E-state index in [-0.39, 0.29) is 22.4 Å². The van der Waals surface area contributed by atoms with Crippen LogP contribution in [0.25, 0.3) is 0 Å². The quantitative estimate of drug-likeness (QED) is 0.0525. The summed E-state index contributed by atoms with van der Waals surface area (Å²) in [6.07, 6.45) is 35.3. The third kappa shape index (κ3) is 28.5. The fraction of sp³-hybridized carbons (Fsp3) is 0.947. The maximum absolute atomic E-state index is 12.7. The minimum Gasteiger partial charge on any atom is -0.465 e. The van der Waals surface area contributed by atoms with Crippen LogP contribution < -0.4 is 0 Å². The first-order chi connectivity index (χ1) is 21.1. The molecule has 4 nitrogen and oxygen atoms in total. The molecule has 0 radical (unpaired) electrons. The monoisotopic (exact) mass is 627 g/mol. The van der Waals surface area contributed by atoms with E-state index in [1.807, 2.05) is 13.8 Å². The largest absolute Gasteiger partial charge is 0.465 e. The molecule has 0 heterocycles. The van der Waals surface area contributed by atoms with Gasteiger partial charge in [0.2, 0.25) is 0 Å². The number of hydrogen-bond donors (Lipinski definition) is 0. The van der Waals surface area contributed by atoms with Gasteiger partial charge >= 0.3 is 11.9 Å². The van der Waals surface area contributed by atoms with Gasteiger partial charge < -0.3 is 9.47 Å². The molecule has 0 bridgehead atoms. The van der Waals surface area contributed by atoms with Crippen molar-refractivity contribution in [2.24, 2.45) is 0 Å². The van der Waals surface area contributed by atoms with E-state index in [9.17, 15) is 9.59 Å². The minimum atomic E-state index is -0.296. The Labute approximate surface area is 273 Å². The first-order valence-corrected chi connectivity index (χ1v) is 20.0. The molecule has 0 aromatic heterocycles. The van der Waals surface area contributed by atoms with Crippen molar-refractivity contribution in [2.75, 3.05) is 13.2 Å². The van der Waals surface area contributed by atoms with Crippen molar-refractivity contribution in [1.29, 1.82) is 0 Å². The normalized spacial score (nSPS) is 12.7. The summed E-state index contributed by atoms with van der Waals surface area (Å²) >= 11 is 1.43. The lowest BCUT2D eigenvalue weighted by molar-refractivity contribution is -0.143. The maximum atomic E-state index is 12.7. The molecule has 0 fully saturated rings. The Hall–Kier alpha value is -0.710. The first kappa shape index (κ1) is 42.3. The average Bonchev–Trinajstić information content (AvgIpc) is 3.01. The van der Waals surface area contributed by atoms with E-state index in [2.05, 4.69) is 13.8 Å². The van der Waals surface area contributed by atoms with Crippen LogP contribution in [0.1, 0.15) is 207 Å². The Balaban J connectivity index is 3.78. The van der Waals surface area contributed by atoms with E-state index < -0.39 is 0 Å². The molecule has 0 aromatic carbocycles. The third-order valence-corrected chi connectivity index (χ3v) is 10.3. The number of hydrogen-bond acceptors (Lipinski definition) is 5. The van der Waals surface area contributed by atoms with Gasteiger partial charge in [-0.15, -0.1) is 11.8 Å². The molecular formula is C38H74O4S. The Morgan fingerprint density at radius 1 is 0.395 bits per heavy atom. The average molecular weight is 627 g/mol. The highest BCUT2D eigenvalue weighted by Gasteiger charge is 2.27. The molecule has 256 valence electrons. The first-order valence-electron chi connectivity index (χ1n) is 19.1. The molecule has 2 unspecified atom stereocenters. The Kier molecular flexibility index (Phi) is 33.6. The SMILES string of the molecule is CCCCCCCCCCCCCCCOC(=O)C(CC)SC(CC)C(=O)OCCCCCCCCCCCCCCC. The van der Waals surface area contributed by atoms with Crippen LogP contribution in [0.15, 0.2) is 0 Å². The van der Waals surface area contributed by atoms with Crippen molar-refractivity contribution in [2.45, 2.75) is 218 Å². The van der Waals surface area contributed by atoms with Crippen LogP contribution in [0.3, 0.4) is 0 Å². The molecular weight excluding hydrogens is 552 g/mol. The molecule has 0 rings (SSSR count). The summed E-state index contributed by atoms with van der Waals surface area (Å²) in [5.74, 6) is -0.344. The predicted octanol–water partition coefficient (Wildman–Crippen LogP) is 12.5. The van der Waals surface area contributed by atoms with Crippen LogP contribution in [0, 0.1) is 0 Å². The minimum absolute atomic E-state index is 0.172. The number of esters is 2. The smallest absolute Gasteiger partial charge is 0.319 e. The zero-order valence-electron chi connectivity index (χ0n) is 29.4. The molecule has 0 amide bonds. The Morgan fingerprint density at radius 3 is 0.860 bits per heavy atom. The number of carbonyl (C=O) groups is 2. The second-order valence-corrected chi connectivity index (χ2v) is 14.2. The van der Waals surface area contributed by atoms with Crippen LogP contribution in [0.4, 0.5) is 0 Å². The fourth-order valence-corrected chi connectivity index (χ4v) is 6.75. The van der Waals surface area contributed by atoms with Gasteiger partial charge in [-0.1, -0.05) is 182 Å². The van der Waals surface area contributed by atoms with Crippen molar-refractivity contribution < 1.29 is 19.1 Å². The lowest BCUT2D eigenvalue weighted by Crippen LogP contribution is -2.28. The fourth-order valence-electron chi connectivity index (χ4n) is 5.61. The van der Waals surface area contributed by atoms with Gasteiger partial charge in [-0.2, -0.15) is 0 Å². The molecule has 0 aromatic rings. The molecule has 43 heavy (non-hydrogen) atoms. The van der Waals surface area contributed by atoms with Gasteiger partial charge in [0, 0.05) is 0 Å². The summed E-state index contributed by atoms with van der Waals surface area (Å²) < 4.78 is 11.2. The zero-order valence-corrected chi connectivity index (χ0v) is 30.2. The van der Waals surface area contributed by atoms with Crippen molar-refractivity contribution >= 4 is 23.7 Å². The van der Waals surface area contributed by atoms with Gasteiger partial charge in [0.05, 0.1) is 13.2 Å². The van der Waals surface area contributed by atoms with E-state index in [1.54, 1.807) is 0 Å². The second-order valence-electron chi connectivity index (χ2n) is 12.8. The highest BCUT2D eigenvalue weighted by Crippen LogP contribution is 2.26. The van der Waals surface area contributed by atoms with Gasteiger partial charge in [0.1, 0.15) is 10.5 Å². The molecule has 0 aliphatic heterocycles. The van der Waals surface area contributed by atoms with Crippen molar-refractivity contribution in [3.8, 4) is 0 Å². The van der Waals surface area contributed by atoms with E-state index in [0.717, 1.165) is 25.7 Å². The number of thioether (sulfide) groups is 1. The predicted molar refractivity (Wildman–Crippen MR) is 189 cm³/mol. The summed E-state index contributed by atoms with van der Waals surface area (Å²) in [5.41, 5.74) is 0. The van der Waals surface area contributed by atoms with E-state index in [0.29, 0.717) is 26.1 Å². The van der Waals surface area contributed by atoms with E-state index >= 15 is 0 Å². The molecule has 0 aliphatic carbocycles. The summed E-state index contributed by atoms with van der Waals surface area (Å²) in [5, 5.41) is -0.591. The molecule has 0 saturated carbocycles. The van der Waals surface area contributed by atoms with Crippen molar-refractivity contribution in [3.63, 3.8) is 0 Å². The van der Waals surface area contributed by atoms with Gasteiger partial charge in [-0.3, -0.25) is 9.59 Å².